The number of aromatic nitrogens is 1. The zero-order valence-electron chi connectivity index (χ0n) is 16.9. The minimum absolute atomic E-state index is 0.114. The number of amides is 1. The van der Waals surface area contributed by atoms with Gasteiger partial charge < -0.3 is 20.6 Å². The summed E-state index contributed by atoms with van der Waals surface area (Å²) < 4.78 is 5.63. The van der Waals surface area contributed by atoms with Crippen molar-refractivity contribution in [3.05, 3.63) is 84.1 Å². The third-order valence-corrected chi connectivity index (χ3v) is 4.19. The van der Waals surface area contributed by atoms with Crippen molar-refractivity contribution in [3.63, 3.8) is 0 Å². The zero-order valence-corrected chi connectivity index (χ0v) is 16.9. The molecule has 2 aromatic carbocycles. The Morgan fingerprint density at radius 1 is 1.10 bits per heavy atom. The van der Waals surface area contributed by atoms with E-state index < -0.39 is 0 Å². The van der Waals surface area contributed by atoms with Crippen molar-refractivity contribution in [2.24, 2.45) is 10.9 Å². The number of hydrogen-bond acceptors (Lipinski definition) is 5. The summed E-state index contributed by atoms with van der Waals surface area (Å²) in [5.41, 5.74) is 8.31. The molecule has 3 N–H and O–H groups in total. The Labute approximate surface area is 175 Å². The van der Waals surface area contributed by atoms with Crippen molar-refractivity contribution < 1.29 is 14.4 Å². The Kier molecular flexibility index (Phi) is 7.00. The second-order valence-electron chi connectivity index (χ2n) is 6.88. The highest BCUT2D eigenvalue weighted by Crippen LogP contribution is 2.19. The van der Waals surface area contributed by atoms with Crippen LogP contribution in [-0.2, 0) is 9.63 Å². The number of para-hydroxylation sites is 1. The molecule has 154 valence electrons. The Morgan fingerprint density at radius 3 is 2.60 bits per heavy atom. The first-order valence-corrected chi connectivity index (χ1v) is 9.56. The molecule has 0 aliphatic heterocycles. The normalized spacial score (nSPS) is 11.2. The number of anilines is 1. The smallest absolute Gasteiger partial charge is 0.265 e. The summed E-state index contributed by atoms with van der Waals surface area (Å²) in [4.78, 5) is 21.3. The van der Waals surface area contributed by atoms with Gasteiger partial charge in [0.1, 0.15) is 5.75 Å². The largest absolute Gasteiger partial charge is 0.439 e. The number of hydrogen-bond donors (Lipinski definition) is 2. The van der Waals surface area contributed by atoms with Crippen LogP contribution in [0.1, 0.15) is 30.9 Å². The molecule has 0 saturated heterocycles. The molecule has 0 atom stereocenters. The number of amidine groups is 1. The molecule has 3 aromatic rings. The molecular formula is C23H24N4O3. The molecule has 0 saturated carbocycles. The molecule has 7 heteroatoms. The van der Waals surface area contributed by atoms with E-state index in [0.29, 0.717) is 28.8 Å². The number of benzene rings is 2. The number of ether oxygens (including phenoxy) is 1. The van der Waals surface area contributed by atoms with E-state index in [-0.39, 0.29) is 18.3 Å². The second-order valence-corrected chi connectivity index (χ2v) is 6.88. The van der Waals surface area contributed by atoms with Gasteiger partial charge >= 0.3 is 0 Å². The molecule has 1 amide bonds. The lowest BCUT2D eigenvalue weighted by Crippen LogP contribution is -2.19. The van der Waals surface area contributed by atoms with Crippen LogP contribution in [0.25, 0.3) is 0 Å². The predicted octanol–water partition coefficient (Wildman–Crippen LogP) is 4.27. The lowest BCUT2D eigenvalue weighted by Gasteiger charge is -2.09. The van der Waals surface area contributed by atoms with E-state index in [2.05, 4.69) is 29.3 Å². The summed E-state index contributed by atoms with van der Waals surface area (Å²) in [6.45, 7) is 3.93. The summed E-state index contributed by atoms with van der Waals surface area (Å²) >= 11 is 0. The van der Waals surface area contributed by atoms with Crippen molar-refractivity contribution in [1.82, 2.24) is 4.98 Å². The third kappa shape index (κ3) is 6.07. The van der Waals surface area contributed by atoms with E-state index in [9.17, 15) is 4.79 Å². The first-order chi connectivity index (χ1) is 14.5. The first kappa shape index (κ1) is 20.9. The molecule has 0 unspecified atom stereocenters. The average molecular weight is 404 g/mol. The quantitative estimate of drug-likeness (QED) is 0.332. The maximum Gasteiger partial charge on any atom is 0.265 e. The van der Waals surface area contributed by atoms with Gasteiger partial charge in [0.25, 0.3) is 5.91 Å². The van der Waals surface area contributed by atoms with Crippen LogP contribution >= 0.6 is 0 Å². The average Bonchev–Trinajstić information content (AvgIpc) is 2.75. The number of nitrogens with zero attached hydrogens (tertiary/aromatic N) is 2. The van der Waals surface area contributed by atoms with Crippen LogP contribution in [0.3, 0.4) is 0 Å². The van der Waals surface area contributed by atoms with Crippen molar-refractivity contribution in [2.45, 2.75) is 19.8 Å². The van der Waals surface area contributed by atoms with E-state index in [1.165, 1.54) is 6.20 Å². The van der Waals surface area contributed by atoms with Gasteiger partial charge in [-0.05, 0) is 41.8 Å². The predicted molar refractivity (Wildman–Crippen MR) is 117 cm³/mol. The molecule has 1 aromatic heterocycles. The minimum Gasteiger partial charge on any atom is -0.439 e. The molecule has 0 bridgehead atoms. The highest BCUT2D eigenvalue weighted by atomic mass is 16.6. The van der Waals surface area contributed by atoms with Crippen LogP contribution < -0.4 is 15.8 Å². The molecule has 0 aliphatic carbocycles. The van der Waals surface area contributed by atoms with Gasteiger partial charge in [0.15, 0.2) is 12.4 Å². The van der Waals surface area contributed by atoms with Crippen LogP contribution in [0.15, 0.2) is 78.1 Å². The maximum atomic E-state index is 12.1. The number of rotatable bonds is 8. The molecule has 0 radical (unpaired) electrons. The Bertz CT molecular complexity index is 1000. The summed E-state index contributed by atoms with van der Waals surface area (Å²) in [7, 11) is 0. The minimum atomic E-state index is -0.322. The number of nitrogens with two attached hydrogens (primary N) is 1. The van der Waals surface area contributed by atoms with Crippen LogP contribution in [-0.4, -0.2) is 23.3 Å². The molecule has 30 heavy (non-hydrogen) atoms. The summed E-state index contributed by atoms with van der Waals surface area (Å²) in [5, 5.41) is 6.57. The summed E-state index contributed by atoms with van der Waals surface area (Å²) in [6.07, 6.45) is 1.53. The topological polar surface area (TPSA) is 98.8 Å². The molecule has 3 rings (SSSR count). The van der Waals surface area contributed by atoms with E-state index in [1.807, 2.05) is 54.6 Å². The van der Waals surface area contributed by atoms with Gasteiger partial charge in [-0.25, -0.2) is 4.98 Å². The number of pyridine rings is 1. The van der Waals surface area contributed by atoms with Crippen molar-refractivity contribution in [3.8, 4) is 11.6 Å². The number of oxime groups is 1. The molecule has 1 heterocycles. The van der Waals surface area contributed by atoms with E-state index >= 15 is 0 Å². The summed E-state index contributed by atoms with van der Waals surface area (Å²) in [6, 6.07) is 20.4. The Balaban J connectivity index is 1.51. The fourth-order valence-electron chi connectivity index (χ4n) is 2.59. The maximum absolute atomic E-state index is 12.1. The van der Waals surface area contributed by atoms with Crippen molar-refractivity contribution in [2.75, 3.05) is 11.9 Å². The van der Waals surface area contributed by atoms with Gasteiger partial charge in [-0.2, -0.15) is 0 Å². The zero-order chi connectivity index (χ0) is 21.3. The molecule has 0 aliphatic rings. The highest BCUT2D eigenvalue weighted by molar-refractivity contribution is 5.97. The van der Waals surface area contributed by atoms with Gasteiger partial charge in [0, 0.05) is 23.5 Å². The molecular weight excluding hydrogens is 380 g/mol. The Morgan fingerprint density at radius 2 is 1.90 bits per heavy atom. The van der Waals surface area contributed by atoms with Gasteiger partial charge in [0.2, 0.25) is 5.88 Å². The molecule has 0 spiro atoms. The van der Waals surface area contributed by atoms with Crippen LogP contribution in [0, 0.1) is 0 Å². The van der Waals surface area contributed by atoms with E-state index in [0.717, 1.165) is 5.56 Å². The monoisotopic (exact) mass is 404 g/mol. The number of carbonyl (C=O) groups excluding carboxylic acids is 1. The van der Waals surface area contributed by atoms with Gasteiger partial charge in [-0.3, -0.25) is 4.79 Å². The van der Waals surface area contributed by atoms with Crippen LogP contribution in [0.2, 0.25) is 0 Å². The standard InChI is InChI=1S/C23H24N4O3/c1-16(2)17-7-6-8-19(13-17)26-21(28)15-29-27-23(24)18-11-12-22(25-14-18)30-20-9-4-3-5-10-20/h3-14,16H,15H2,1-2H3,(H2,24,27)(H,26,28). The van der Waals surface area contributed by atoms with Gasteiger partial charge in [-0.15, -0.1) is 0 Å². The SMILES string of the molecule is CC(C)c1cccc(NC(=O)CO/N=C(/N)c2ccc(Oc3ccccc3)nc2)c1. The van der Waals surface area contributed by atoms with Gasteiger partial charge in [0.05, 0.1) is 0 Å². The summed E-state index contributed by atoms with van der Waals surface area (Å²) in [5.74, 6) is 1.29. The van der Waals surface area contributed by atoms with Crippen molar-refractivity contribution >= 4 is 17.4 Å². The number of nitrogens with one attached hydrogen (secondary N) is 1. The second kappa shape index (κ2) is 10.1. The fraction of sp³-hybridized carbons (Fsp3) is 0.174. The lowest BCUT2D eigenvalue weighted by molar-refractivity contribution is -0.120. The van der Waals surface area contributed by atoms with Crippen molar-refractivity contribution in [1.29, 1.82) is 0 Å². The van der Waals surface area contributed by atoms with E-state index in [1.54, 1.807) is 12.1 Å². The first-order valence-electron chi connectivity index (χ1n) is 9.56. The van der Waals surface area contributed by atoms with Gasteiger partial charge in [-0.1, -0.05) is 49.3 Å². The number of carbonyl (C=O) groups is 1. The molecule has 0 fully saturated rings. The Hall–Kier alpha value is -3.87. The molecule has 7 nitrogen and oxygen atoms in total. The lowest BCUT2D eigenvalue weighted by atomic mass is 10.0. The van der Waals surface area contributed by atoms with Crippen LogP contribution in [0.5, 0.6) is 11.6 Å². The third-order valence-electron chi connectivity index (χ3n) is 4.19. The highest BCUT2D eigenvalue weighted by Gasteiger charge is 2.07. The fourth-order valence-corrected chi connectivity index (χ4v) is 2.59. The van der Waals surface area contributed by atoms with Crippen LogP contribution in [0.4, 0.5) is 5.69 Å². The van der Waals surface area contributed by atoms with E-state index in [4.69, 9.17) is 15.3 Å².